The molecular weight excluding hydrogens is 496 g/mol. The van der Waals surface area contributed by atoms with Crippen LogP contribution >= 0.6 is 0 Å². The second-order valence-corrected chi connectivity index (χ2v) is 11.1. The fraction of sp³-hybridized carbons (Fsp3) is 0.462. The summed E-state index contributed by atoms with van der Waals surface area (Å²) >= 11 is 0. The smallest absolute Gasteiger partial charge is 0.414 e. The van der Waals surface area contributed by atoms with Crippen molar-refractivity contribution in [3.05, 3.63) is 42.5 Å². The summed E-state index contributed by atoms with van der Waals surface area (Å²) in [6.45, 7) is 5.49. The molecule has 37 heavy (non-hydrogen) atoms. The van der Waals surface area contributed by atoms with Gasteiger partial charge in [-0.2, -0.15) is 0 Å². The lowest BCUT2D eigenvalue weighted by molar-refractivity contribution is -0.117. The molecule has 0 radical (unpaired) electrons. The van der Waals surface area contributed by atoms with Gasteiger partial charge < -0.3 is 20.1 Å². The molecular formula is C26H34N4O6S. The van der Waals surface area contributed by atoms with E-state index < -0.39 is 16.1 Å². The zero-order chi connectivity index (χ0) is 26.6. The number of amides is 2. The Bertz CT molecular complexity index is 1230. The Morgan fingerprint density at radius 1 is 1.08 bits per heavy atom. The SMILES string of the molecule is CC(=O)N1c2ccc(-c3ccc(S(=O)(=O)NCCCN)cc3)cc2N(C(=O)OC2CCOCC2)C[C@@H]1C. The fourth-order valence-corrected chi connectivity index (χ4v) is 5.75. The van der Waals surface area contributed by atoms with Crippen LogP contribution in [0.25, 0.3) is 11.1 Å². The number of fused-ring (bicyclic) bond motifs is 1. The second kappa shape index (κ2) is 11.6. The van der Waals surface area contributed by atoms with Gasteiger partial charge in [0.25, 0.3) is 0 Å². The van der Waals surface area contributed by atoms with Crippen molar-refractivity contribution in [3.8, 4) is 11.1 Å². The first-order valence-electron chi connectivity index (χ1n) is 12.5. The van der Waals surface area contributed by atoms with Crippen LogP contribution in [0.4, 0.5) is 16.2 Å². The predicted octanol–water partition coefficient (Wildman–Crippen LogP) is 2.86. The van der Waals surface area contributed by atoms with Gasteiger partial charge in [0.15, 0.2) is 0 Å². The highest BCUT2D eigenvalue weighted by Crippen LogP contribution is 2.39. The molecule has 0 bridgehead atoms. The van der Waals surface area contributed by atoms with Gasteiger partial charge in [0.05, 0.1) is 35.5 Å². The third-order valence-corrected chi connectivity index (χ3v) is 8.06. The van der Waals surface area contributed by atoms with Crippen molar-refractivity contribution in [1.29, 1.82) is 0 Å². The fourth-order valence-electron chi connectivity index (χ4n) is 4.68. The molecule has 2 amide bonds. The van der Waals surface area contributed by atoms with Crippen molar-refractivity contribution in [2.24, 2.45) is 5.73 Å². The second-order valence-electron chi connectivity index (χ2n) is 9.31. The van der Waals surface area contributed by atoms with Crippen molar-refractivity contribution in [1.82, 2.24) is 4.72 Å². The Morgan fingerprint density at radius 3 is 2.41 bits per heavy atom. The lowest BCUT2D eigenvalue weighted by Crippen LogP contribution is -2.52. The minimum Gasteiger partial charge on any atom is -0.446 e. The first kappa shape index (κ1) is 27.1. The number of anilines is 2. The molecule has 0 spiro atoms. The molecule has 2 aliphatic rings. The summed E-state index contributed by atoms with van der Waals surface area (Å²) in [6, 6.07) is 11.8. The van der Waals surface area contributed by atoms with Crippen LogP contribution in [0.2, 0.25) is 0 Å². The minimum atomic E-state index is -3.63. The Labute approximate surface area is 217 Å². The van der Waals surface area contributed by atoms with Crippen LogP contribution in [0.5, 0.6) is 0 Å². The number of rotatable bonds is 7. The van der Waals surface area contributed by atoms with Gasteiger partial charge in [-0.05, 0) is 55.3 Å². The van der Waals surface area contributed by atoms with Crippen molar-refractivity contribution in [2.75, 3.05) is 42.6 Å². The summed E-state index contributed by atoms with van der Waals surface area (Å²) in [5, 5.41) is 0. The van der Waals surface area contributed by atoms with E-state index in [1.165, 1.54) is 6.92 Å². The van der Waals surface area contributed by atoms with E-state index in [-0.39, 0.29) is 29.5 Å². The van der Waals surface area contributed by atoms with Gasteiger partial charge >= 0.3 is 6.09 Å². The third-order valence-electron chi connectivity index (χ3n) is 6.58. The molecule has 0 aromatic heterocycles. The number of carbonyl (C=O) groups is 2. The summed E-state index contributed by atoms with van der Waals surface area (Å²) in [6.07, 6.45) is 1.19. The monoisotopic (exact) mass is 530 g/mol. The normalized spacial score (nSPS) is 18.4. The van der Waals surface area contributed by atoms with Crippen LogP contribution in [-0.2, 0) is 24.3 Å². The quantitative estimate of drug-likeness (QED) is 0.526. The molecule has 200 valence electrons. The lowest BCUT2D eigenvalue weighted by atomic mass is 10.0. The molecule has 2 aliphatic heterocycles. The van der Waals surface area contributed by atoms with Gasteiger partial charge in [0.1, 0.15) is 6.10 Å². The van der Waals surface area contributed by atoms with Gasteiger partial charge in [0.2, 0.25) is 15.9 Å². The van der Waals surface area contributed by atoms with Crippen molar-refractivity contribution < 1.29 is 27.5 Å². The molecule has 0 unspecified atom stereocenters. The average molecular weight is 531 g/mol. The predicted molar refractivity (Wildman–Crippen MR) is 141 cm³/mol. The van der Waals surface area contributed by atoms with Crippen LogP contribution in [0, 0.1) is 0 Å². The first-order valence-corrected chi connectivity index (χ1v) is 14.0. The van der Waals surface area contributed by atoms with Gasteiger partial charge in [-0.25, -0.2) is 17.9 Å². The Morgan fingerprint density at radius 2 is 1.76 bits per heavy atom. The molecule has 1 atom stereocenters. The van der Waals surface area contributed by atoms with Crippen LogP contribution in [-0.4, -0.2) is 65.4 Å². The maximum Gasteiger partial charge on any atom is 0.414 e. The Hall–Kier alpha value is -2.99. The zero-order valence-corrected chi connectivity index (χ0v) is 22.0. The van der Waals surface area contributed by atoms with Crippen molar-refractivity contribution in [2.45, 2.75) is 50.2 Å². The Balaban J connectivity index is 1.63. The molecule has 11 heteroatoms. The topological polar surface area (TPSA) is 131 Å². The van der Waals surface area contributed by atoms with Crippen molar-refractivity contribution >= 4 is 33.4 Å². The lowest BCUT2D eigenvalue weighted by Gasteiger charge is -2.41. The van der Waals surface area contributed by atoms with E-state index in [0.29, 0.717) is 56.9 Å². The maximum atomic E-state index is 13.2. The maximum absolute atomic E-state index is 13.2. The first-order chi connectivity index (χ1) is 17.7. The van der Waals surface area contributed by atoms with E-state index in [9.17, 15) is 18.0 Å². The van der Waals surface area contributed by atoms with Crippen LogP contribution in [0.15, 0.2) is 47.4 Å². The number of hydrogen-bond acceptors (Lipinski definition) is 7. The number of benzene rings is 2. The minimum absolute atomic E-state index is 0.115. The number of nitrogens with one attached hydrogen (secondary N) is 1. The highest BCUT2D eigenvalue weighted by Gasteiger charge is 2.35. The third kappa shape index (κ3) is 6.12. The Kier molecular flexibility index (Phi) is 8.48. The number of nitrogens with zero attached hydrogens (tertiary/aromatic N) is 2. The molecule has 1 fully saturated rings. The van der Waals surface area contributed by atoms with Gasteiger partial charge in [-0.15, -0.1) is 0 Å². The van der Waals surface area contributed by atoms with E-state index in [4.69, 9.17) is 15.2 Å². The van der Waals surface area contributed by atoms with Crippen LogP contribution in [0.1, 0.15) is 33.1 Å². The number of nitrogens with two attached hydrogens (primary N) is 1. The summed E-state index contributed by atoms with van der Waals surface area (Å²) < 4.78 is 38.7. The summed E-state index contributed by atoms with van der Waals surface area (Å²) in [4.78, 5) is 29.1. The van der Waals surface area contributed by atoms with Gasteiger partial charge in [0, 0.05) is 32.9 Å². The molecule has 2 heterocycles. The molecule has 4 rings (SSSR count). The number of carbonyl (C=O) groups excluding carboxylic acids is 2. The largest absolute Gasteiger partial charge is 0.446 e. The van der Waals surface area contributed by atoms with Crippen LogP contribution in [0.3, 0.4) is 0 Å². The molecule has 2 aromatic rings. The zero-order valence-electron chi connectivity index (χ0n) is 21.2. The number of ether oxygens (including phenoxy) is 2. The average Bonchev–Trinajstić information content (AvgIpc) is 2.88. The summed E-state index contributed by atoms with van der Waals surface area (Å²) in [5.74, 6) is -0.115. The highest BCUT2D eigenvalue weighted by atomic mass is 32.2. The molecule has 2 aromatic carbocycles. The van der Waals surface area contributed by atoms with Gasteiger partial charge in [-0.1, -0.05) is 18.2 Å². The van der Waals surface area contributed by atoms with Crippen molar-refractivity contribution in [3.63, 3.8) is 0 Å². The molecule has 10 nitrogen and oxygen atoms in total. The van der Waals surface area contributed by atoms with Gasteiger partial charge in [-0.3, -0.25) is 9.69 Å². The number of sulfonamides is 1. The number of hydrogen-bond donors (Lipinski definition) is 2. The van der Waals surface area contributed by atoms with Crippen LogP contribution < -0.4 is 20.3 Å². The summed E-state index contributed by atoms with van der Waals surface area (Å²) in [7, 11) is -3.63. The molecule has 3 N–H and O–H groups in total. The van der Waals surface area contributed by atoms with E-state index in [1.807, 2.05) is 25.1 Å². The van der Waals surface area contributed by atoms with E-state index in [0.717, 1.165) is 11.1 Å². The standard InChI is InChI=1S/C26H34N4O6S/c1-18-17-29(26(32)36-22-10-14-35-15-11-22)25-16-21(6-9-24(25)30(18)19(2)31)20-4-7-23(8-5-20)37(33,34)28-13-3-12-27/h4-9,16,18,22,28H,3,10-15,17,27H2,1-2H3/t18-/m0/s1. The van der Waals surface area contributed by atoms with E-state index in [1.54, 1.807) is 34.1 Å². The molecule has 0 saturated carbocycles. The van der Waals surface area contributed by atoms with E-state index in [2.05, 4.69) is 4.72 Å². The van der Waals surface area contributed by atoms with E-state index >= 15 is 0 Å². The summed E-state index contributed by atoms with van der Waals surface area (Å²) in [5.41, 5.74) is 8.19. The molecule has 1 saturated heterocycles. The molecule has 0 aliphatic carbocycles. The highest BCUT2D eigenvalue weighted by molar-refractivity contribution is 7.89.